The first-order chi connectivity index (χ1) is 9.81. The maximum atomic E-state index is 8.36. The molecule has 110 valence electrons. The molecular formula is C15H23N3O2. The first-order valence-corrected chi connectivity index (χ1v) is 7.13. The Morgan fingerprint density at radius 1 is 1.30 bits per heavy atom. The van der Waals surface area contributed by atoms with E-state index in [1.165, 1.54) is 25.7 Å². The molecule has 1 aliphatic rings. The zero-order valence-corrected chi connectivity index (χ0v) is 12.0. The van der Waals surface area contributed by atoms with Crippen LogP contribution >= 0.6 is 0 Å². The lowest BCUT2D eigenvalue weighted by Crippen LogP contribution is -2.30. The maximum Gasteiger partial charge on any atom is 0.290 e. The number of unbranched alkanes of at least 4 members (excludes halogenated alkanes) is 1. The third kappa shape index (κ3) is 5.82. The summed E-state index contributed by atoms with van der Waals surface area (Å²) in [5, 5.41) is 6.89. The van der Waals surface area contributed by atoms with Gasteiger partial charge in [-0.2, -0.15) is 0 Å². The second-order valence-electron chi connectivity index (χ2n) is 4.65. The minimum atomic E-state index is -0.250. The van der Waals surface area contributed by atoms with Gasteiger partial charge in [0, 0.05) is 19.2 Å². The summed E-state index contributed by atoms with van der Waals surface area (Å²) in [6.07, 6.45) is 12.2. The van der Waals surface area contributed by atoms with Crippen LogP contribution in [0.25, 0.3) is 6.08 Å². The summed E-state index contributed by atoms with van der Waals surface area (Å²) in [4.78, 5) is 19.4. The molecule has 1 aromatic heterocycles. The van der Waals surface area contributed by atoms with Crippen molar-refractivity contribution in [1.29, 1.82) is 0 Å². The number of allylic oxidation sites excluding steroid dienone is 1. The fraction of sp³-hybridized carbons (Fsp3) is 0.533. The van der Waals surface area contributed by atoms with Gasteiger partial charge in [-0.25, -0.2) is 9.97 Å². The smallest absolute Gasteiger partial charge is 0.290 e. The zero-order valence-electron chi connectivity index (χ0n) is 12.0. The van der Waals surface area contributed by atoms with Gasteiger partial charge in [-0.15, -0.1) is 0 Å². The topological polar surface area (TPSA) is 66.3 Å². The Hall–Kier alpha value is -1.91. The van der Waals surface area contributed by atoms with E-state index < -0.39 is 0 Å². The van der Waals surface area contributed by atoms with Crippen molar-refractivity contribution in [3.8, 4) is 0 Å². The molecule has 2 rings (SSSR count). The predicted molar refractivity (Wildman–Crippen MR) is 80.7 cm³/mol. The summed E-state index contributed by atoms with van der Waals surface area (Å²) in [7, 11) is 0. The van der Waals surface area contributed by atoms with E-state index in [2.05, 4.69) is 40.0 Å². The monoisotopic (exact) mass is 277 g/mol. The van der Waals surface area contributed by atoms with Crippen LogP contribution in [0.3, 0.4) is 0 Å². The lowest BCUT2D eigenvalue weighted by Gasteiger charge is -2.27. The summed E-state index contributed by atoms with van der Waals surface area (Å²) in [5.41, 5.74) is 1.02. The van der Waals surface area contributed by atoms with Crippen molar-refractivity contribution in [1.82, 2.24) is 9.97 Å². The van der Waals surface area contributed by atoms with Gasteiger partial charge in [-0.3, -0.25) is 4.79 Å². The average Bonchev–Trinajstić information content (AvgIpc) is 2.50. The third-order valence-electron chi connectivity index (χ3n) is 3.10. The maximum absolute atomic E-state index is 8.36. The number of anilines is 1. The number of hydrogen-bond donors (Lipinski definition) is 1. The van der Waals surface area contributed by atoms with Gasteiger partial charge in [0.25, 0.3) is 6.47 Å². The van der Waals surface area contributed by atoms with Crippen molar-refractivity contribution in [2.24, 2.45) is 0 Å². The highest BCUT2D eigenvalue weighted by Gasteiger charge is 2.11. The van der Waals surface area contributed by atoms with E-state index in [0.717, 1.165) is 31.0 Å². The Kier molecular flexibility index (Phi) is 8.03. The predicted octanol–water partition coefficient (Wildman–Crippen LogP) is 2.98. The Morgan fingerprint density at radius 3 is 2.65 bits per heavy atom. The highest BCUT2D eigenvalue weighted by molar-refractivity contribution is 5.51. The molecule has 20 heavy (non-hydrogen) atoms. The standard InChI is InChI=1S/C14H21N3.CH2O2/c1-2-3-5-8-13-11-14(16-12-15-13)17-9-6-4-7-10-17;2-1-3/h5,8,11-12H,2-4,6-7,9-10H2,1H3;1H,(H,2,3)/b8-5+;. The van der Waals surface area contributed by atoms with Crippen LogP contribution in [0.5, 0.6) is 0 Å². The molecule has 0 spiro atoms. The molecule has 0 unspecified atom stereocenters. The highest BCUT2D eigenvalue weighted by Crippen LogP contribution is 2.17. The molecule has 5 nitrogen and oxygen atoms in total. The second-order valence-corrected chi connectivity index (χ2v) is 4.65. The molecule has 0 aliphatic carbocycles. The molecule has 0 bridgehead atoms. The molecule has 0 aromatic carbocycles. The normalized spacial score (nSPS) is 14.8. The van der Waals surface area contributed by atoms with E-state index >= 15 is 0 Å². The Labute approximate surface area is 120 Å². The number of carboxylic acid groups (broad SMARTS) is 1. The van der Waals surface area contributed by atoms with E-state index in [9.17, 15) is 0 Å². The Bertz CT molecular complexity index is 415. The molecular weight excluding hydrogens is 254 g/mol. The van der Waals surface area contributed by atoms with Crippen molar-refractivity contribution in [3.63, 3.8) is 0 Å². The average molecular weight is 277 g/mol. The van der Waals surface area contributed by atoms with Crippen molar-refractivity contribution < 1.29 is 9.90 Å². The summed E-state index contributed by atoms with van der Waals surface area (Å²) >= 11 is 0. The summed E-state index contributed by atoms with van der Waals surface area (Å²) in [6, 6.07) is 2.09. The molecule has 2 heterocycles. The summed E-state index contributed by atoms with van der Waals surface area (Å²) < 4.78 is 0. The molecule has 1 fully saturated rings. The second kappa shape index (κ2) is 9.95. The van der Waals surface area contributed by atoms with Gasteiger partial charge in [0.15, 0.2) is 0 Å². The minimum absolute atomic E-state index is 0.250. The quantitative estimate of drug-likeness (QED) is 0.857. The minimum Gasteiger partial charge on any atom is -0.483 e. The van der Waals surface area contributed by atoms with E-state index in [1.54, 1.807) is 6.33 Å². The van der Waals surface area contributed by atoms with Gasteiger partial charge in [0.1, 0.15) is 12.1 Å². The molecule has 1 aromatic rings. The van der Waals surface area contributed by atoms with Crippen LogP contribution in [-0.2, 0) is 4.79 Å². The fourth-order valence-corrected chi connectivity index (χ4v) is 2.12. The van der Waals surface area contributed by atoms with Crippen molar-refractivity contribution in [2.45, 2.75) is 39.0 Å². The van der Waals surface area contributed by atoms with Gasteiger partial charge in [-0.1, -0.05) is 19.4 Å². The molecule has 1 saturated heterocycles. The van der Waals surface area contributed by atoms with E-state index in [-0.39, 0.29) is 6.47 Å². The molecule has 0 amide bonds. The van der Waals surface area contributed by atoms with Crippen LogP contribution in [0.15, 0.2) is 18.5 Å². The van der Waals surface area contributed by atoms with Crippen molar-refractivity contribution in [2.75, 3.05) is 18.0 Å². The lowest BCUT2D eigenvalue weighted by atomic mass is 10.1. The van der Waals surface area contributed by atoms with Gasteiger partial charge >= 0.3 is 0 Å². The van der Waals surface area contributed by atoms with Gasteiger partial charge in [-0.05, 0) is 31.8 Å². The SMILES string of the molecule is CCC/C=C/c1cc(N2CCCCC2)ncn1.O=CO. The van der Waals surface area contributed by atoms with Crippen molar-refractivity contribution in [3.05, 3.63) is 24.2 Å². The van der Waals surface area contributed by atoms with Gasteiger partial charge in [0.05, 0.1) is 5.69 Å². The van der Waals surface area contributed by atoms with E-state index in [1.807, 2.05) is 0 Å². The number of aromatic nitrogens is 2. The number of hydrogen-bond acceptors (Lipinski definition) is 4. The van der Waals surface area contributed by atoms with Crippen LogP contribution < -0.4 is 4.90 Å². The Morgan fingerprint density at radius 2 is 2.00 bits per heavy atom. The van der Waals surface area contributed by atoms with Crippen LogP contribution in [0, 0.1) is 0 Å². The van der Waals surface area contributed by atoms with Gasteiger partial charge < -0.3 is 10.0 Å². The number of carbonyl (C=O) groups is 1. The highest BCUT2D eigenvalue weighted by atomic mass is 16.3. The molecule has 0 saturated carbocycles. The number of rotatable bonds is 4. The van der Waals surface area contributed by atoms with Crippen molar-refractivity contribution >= 4 is 18.4 Å². The molecule has 0 atom stereocenters. The molecule has 5 heteroatoms. The molecule has 1 aliphatic heterocycles. The van der Waals surface area contributed by atoms with Crippen LogP contribution in [-0.4, -0.2) is 34.6 Å². The van der Waals surface area contributed by atoms with Crippen LogP contribution in [0.4, 0.5) is 5.82 Å². The number of piperidine rings is 1. The summed E-state index contributed by atoms with van der Waals surface area (Å²) in [6.45, 7) is 4.20. The zero-order chi connectivity index (χ0) is 14.6. The van der Waals surface area contributed by atoms with Gasteiger partial charge in [0.2, 0.25) is 0 Å². The fourth-order valence-electron chi connectivity index (χ4n) is 2.12. The molecule has 1 N–H and O–H groups in total. The summed E-state index contributed by atoms with van der Waals surface area (Å²) in [5.74, 6) is 1.08. The lowest BCUT2D eigenvalue weighted by molar-refractivity contribution is -0.122. The number of nitrogens with zero attached hydrogens (tertiary/aromatic N) is 3. The molecule has 0 radical (unpaired) electrons. The van der Waals surface area contributed by atoms with E-state index in [0.29, 0.717) is 0 Å². The van der Waals surface area contributed by atoms with E-state index in [4.69, 9.17) is 9.90 Å². The largest absolute Gasteiger partial charge is 0.483 e. The van der Waals surface area contributed by atoms with Crippen LogP contribution in [0.1, 0.15) is 44.7 Å². The third-order valence-corrected chi connectivity index (χ3v) is 3.10. The first-order valence-electron chi connectivity index (χ1n) is 7.13. The first kappa shape index (κ1) is 16.1. The Balaban J connectivity index is 0.000000612. The van der Waals surface area contributed by atoms with Crippen LogP contribution in [0.2, 0.25) is 0 Å².